The number of H-pyrrole nitrogens is 1. The van der Waals surface area contributed by atoms with Gasteiger partial charge in [0, 0.05) is 24.8 Å². The number of hydrogen-bond donors (Lipinski definition) is 1. The first-order valence-corrected chi connectivity index (χ1v) is 3.98. The van der Waals surface area contributed by atoms with Gasteiger partial charge >= 0.3 is 0 Å². The second-order valence-electron chi connectivity index (χ2n) is 2.79. The molecule has 4 nitrogen and oxygen atoms in total. The van der Waals surface area contributed by atoms with E-state index < -0.39 is 0 Å². The number of aromatic nitrogens is 4. The summed E-state index contributed by atoms with van der Waals surface area (Å²) in [5.74, 6) is 0. The second kappa shape index (κ2) is 2.26. The largest absolute Gasteiger partial charge is 0.358 e. The molecule has 2 aliphatic rings. The van der Waals surface area contributed by atoms with Crippen LogP contribution in [-0.4, -0.2) is 19.9 Å². The highest BCUT2D eigenvalue weighted by Gasteiger charge is 2.11. The third-order valence-corrected chi connectivity index (χ3v) is 2.00. The Morgan fingerprint density at radius 1 is 1.00 bits per heavy atom. The molecule has 1 N–H and O–H groups in total. The second-order valence-corrected chi connectivity index (χ2v) is 2.79. The fourth-order valence-corrected chi connectivity index (χ4v) is 1.45. The van der Waals surface area contributed by atoms with Gasteiger partial charge in [-0.3, -0.25) is 15.0 Å². The van der Waals surface area contributed by atoms with E-state index in [9.17, 15) is 0 Å². The van der Waals surface area contributed by atoms with Crippen LogP contribution in [0.15, 0.2) is 30.9 Å². The average Bonchev–Trinajstić information content (AvgIpc) is 2.56. The van der Waals surface area contributed by atoms with Crippen LogP contribution in [0.1, 0.15) is 0 Å². The lowest BCUT2D eigenvalue weighted by Gasteiger charge is -1.94. The van der Waals surface area contributed by atoms with Crippen LogP contribution in [0.5, 0.6) is 0 Å². The molecule has 1 aliphatic carbocycles. The Hall–Kier alpha value is -1.97. The van der Waals surface area contributed by atoms with Crippen molar-refractivity contribution in [1.29, 1.82) is 0 Å². The minimum absolute atomic E-state index is 0.856. The van der Waals surface area contributed by atoms with Gasteiger partial charge in [-0.1, -0.05) is 0 Å². The highest BCUT2D eigenvalue weighted by atomic mass is 14.9. The predicted octanol–water partition coefficient (Wildman–Crippen LogP) is 1.46. The third-order valence-electron chi connectivity index (χ3n) is 2.00. The zero-order valence-electron chi connectivity index (χ0n) is 6.73. The Bertz CT molecular complexity index is 528. The predicted molar refractivity (Wildman–Crippen MR) is 48.3 cm³/mol. The van der Waals surface area contributed by atoms with E-state index in [1.165, 1.54) is 0 Å². The Balaban J connectivity index is 2.56. The maximum atomic E-state index is 4.24. The van der Waals surface area contributed by atoms with Crippen LogP contribution in [0.25, 0.3) is 22.4 Å². The molecule has 0 spiro atoms. The summed E-state index contributed by atoms with van der Waals surface area (Å²) in [7, 11) is 0. The fourth-order valence-electron chi connectivity index (χ4n) is 1.45. The molecule has 1 aliphatic heterocycles. The van der Waals surface area contributed by atoms with Gasteiger partial charge in [-0.15, -0.1) is 0 Å². The van der Waals surface area contributed by atoms with Crippen molar-refractivity contribution in [1.82, 2.24) is 19.9 Å². The van der Waals surface area contributed by atoms with Crippen molar-refractivity contribution in [3.63, 3.8) is 0 Å². The monoisotopic (exact) mass is 170 g/mol. The molecule has 0 amide bonds. The molecule has 1 aromatic rings. The van der Waals surface area contributed by atoms with Crippen molar-refractivity contribution in [2.75, 3.05) is 0 Å². The van der Waals surface area contributed by atoms with Crippen LogP contribution in [0.2, 0.25) is 0 Å². The SMILES string of the molecule is c1c[nH]c2cc3nccnc3c-2n1. The molecule has 0 atom stereocenters. The number of hydrogen-bond acceptors (Lipinski definition) is 3. The van der Waals surface area contributed by atoms with Crippen LogP contribution in [0, 0.1) is 0 Å². The van der Waals surface area contributed by atoms with Gasteiger partial charge in [0.15, 0.2) is 0 Å². The topological polar surface area (TPSA) is 54.5 Å². The molecule has 1 aromatic heterocycles. The summed E-state index contributed by atoms with van der Waals surface area (Å²) < 4.78 is 0. The molecular weight excluding hydrogens is 164 g/mol. The van der Waals surface area contributed by atoms with E-state index in [4.69, 9.17) is 0 Å². The molecule has 0 saturated carbocycles. The fraction of sp³-hybridized carbons (Fsp3) is 0. The van der Waals surface area contributed by atoms with Crippen molar-refractivity contribution in [3.05, 3.63) is 30.9 Å². The minimum atomic E-state index is 0.856. The van der Waals surface area contributed by atoms with Crippen LogP contribution in [0.4, 0.5) is 0 Å². The zero-order valence-corrected chi connectivity index (χ0v) is 6.73. The molecule has 2 heterocycles. The van der Waals surface area contributed by atoms with E-state index in [2.05, 4.69) is 19.9 Å². The molecular formula is C9H6N4. The molecule has 4 heteroatoms. The summed E-state index contributed by atoms with van der Waals surface area (Å²) >= 11 is 0. The van der Waals surface area contributed by atoms with Gasteiger partial charge in [0.2, 0.25) is 0 Å². The summed E-state index contributed by atoms with van der Waals surface area (Å²) in [6.07, 6.45) is 6.87. The van der Waals surface area contributed by atoms with Gasteiger partial charge in [-0.05, 0) is 6.07 Å². The number of nitrogens with one attached hydrogen (secondary N) is 1. The van der Waals surface area contributed by atoms with E-state index in [0.29, 0.717) is 0 Å². The molecule has 0 radical (unpaired) electrons. The molecule has 0 bridgehead atoms. The zero-order chi connectivity index (χ0) is 8.67. The van der Waals surface area contributed by atoms with Crippen LogP contribution in [0.3, 0.4) is 0 Å². The third kappa shape index (κ3) is 0.823. The van der Waals surface area contributed by atoms with Crippen molar-refractivity contribution in [3.8, 4) is 11.4 Å². The lowest BCUT2D eigenvalue weighted by Crippen LogP contribution is -1.84. The van der Waals surface area contributed by atoms with Gasteiger partial charge in [0.25, 0.3) is 0 Å². The van der Waals surface area contributed by atoms with E-state index in [-0.39, 0.29) is 0 Å². The summed E-state index contributed by atoms with van der Waals surface area (Å²) in [5, 5.41) is 0. The number of rotatable bonds is 0. The standard InChI is InChI=1S/C9H6N4/c1-3-12-8-6(10-1)5-7-9(8)13-4-2-11-7/h1-5,10H. The minimum Gasteiger partial charge on any atom is -0.358 e. The van der Waals surface area contributed by atoms with Crippen LogP contribution < -0.4 is 0 Å². The molecule has 13 heavy (non-hydrogen) atoms. The first-order valence-electron chi connectivity index (χ1n) is 3.98. The summed E-state index contributed by atoms with van der Waals surface area (Å²) in [6.45, 7) is 0. The average molecular weight is 170 g/mol. The normalized spacial score (nSPS) is 11.1. The first-order chi connectivity index (χ1) is 6.45. The van der Waals surface area contributed by atoms with Crippen molar-refractivity contribution >= 4 is 11.0 Å². The molecule has 0 unspecified atom stereocenters. The van der Waals surface area contributed by atoms with E-state index in [0.717, 1.165) is 22.4 Å². The number of aromatic amines is 1. The van der Waals surface area contributed by atoms with Gasteiger partial charge < -0.3 is 4.98 Å². The molecule has 3 rings (SSSR count). The Labute approximate surface area is 74.0 Å². The summed E-state index contributed by atoms with van der Waals surface area (Å²) in [4.78, 5) is 15.8. The maximum Gasteiger partial charge on any atom is 0.116 e. The molecule has 62 valence electrons. The maximum absolute atomic E-state index is 4.24. The lowest BCUT2D eigenvalue weighted by atomic mass is 10.3. The lowest BCUT2D eigenvalue weighted by molar-refractivity contribution is 1.21. The number of nitrogens with zero attached hydrogens (tertiary/aromatic N) is 3. The van der Waals surface area contributed by atoms with Gasteiger partial charge in [-0.25, -0.2) is 0 Å². The van der Waals surface area contributed by atoms with Gasteiger partial charge in [-0.2, -0.15) is 0 Å². The Kier molecular flexibility index (Phi) is 1.14. The smallest absolute Gasteiger partial charge is 0.116 e. The molecule has 0 aromatic carbocycles. The van der Waals surface area contributed by atoms with E-state index >= 15 is 0 Å². The molecule has 0 saturated heterocycles. The van der Waals surface area contributed by atoms with E-state index in [1.54, 1.807) is 24.8 Å². The number of fused-ring (bicyclic) bond motifs is 3. The van der Waals surface area contributed by atoms with Crippen molar-refractivity contribution < 1.29 is 0 Å². The van der Waals surface area contributed by atoms with Gasteiger partial charge in [0.05, 0.1) is 11.2 Å². The van der Waals surface area contributed by atoms with Gasteiger partial charge in [0.1, 0.15) is 11.2 Å². The highest BCUT2D eigenvalue weighted by molar-refractivity contribution is 5.93. The van der Waals surface area contributed by atoms with Crippen molar-refractivity contribution in [2.24, 2.45) is 0 Å². The summed E-state index contributed by atoms with van der Waals surface area (Å²) in [6, 6.07) is 1.95. The summed E-state index contributed by atoms with van der Waals surface area (Å²) in [5.41, 5.74) is 3.59. The Morgan fingerprint density at radius 2 is 1.92 bits per heavy atom. The Morgan fingerprint density at radius 3 is 2.92 bits per heavy atom. The van der Waals surface area contributed by atoms with E-state index in [1.807, 2.05) is 6.07 Å². The first kappa shape index (κ1) is 6.54. The van der Waals surface area contributed by atoms with Crippen LogP contribution >= 0.6 is 0 Å². The van der Waals surface area contributed by atoms with Crippen molar-refractivity contribution in [2.45, 2.75) is 0 Å². The van der Waals surface area contributed by atoms with Crippen LogP contribution in [-0.2, 0) is 0 Å². The quantitative estimate of drug-likeness (QED) is 0.555. The molecule has 0 fully saturated rings. The highest BCUT2D eigenvalue weighted by Crippen LogP contribution is 2.26.